The van der Waals surface area contributed by atoms with Crippen molar-refractivity contribution in [3.05, 3.63) is 77.4 Å². The zero-order valence-corrected chi connectivity index (χ0v) is 15.9. The lowest BCUT2D eigenvalue weighted by molar-refractivity contribution is -0.137. The Bertz CT molecular complexity index is 780. The first-order chi connectivity index (χ1) is 13.2. The number of carboxylic acids is 1. The highest BCUT2D eigenvalue weighted by atomic mass is 16.4. The lowest BCUT2D eigenvalue weighted by Gasteiger charge is -2.18. The summed E-state index contributed by atoms with van der Waals surface area (Å²) >= 11 is 0. The van der Waals surface area contributed by atoms with E-state index in [9.17, 15) is 4.79 Å². The average Bonchev–Trinajstić information content (AvgIpc) is 3.40. The molecule has 0 aliphatic heterocycles. The number of carbonyl (C=O) groups is 1. The van der Waals surface area contributed by atoms with E-state index in [-0.39, 0.29) is 0 Å². The van der Waals surface area contributed by atoms with Crippen molar-refractivity contribution in [3.8, 4) is 0 Å². The zero-order valence-electron chi connectivity index (χ0n) is 15.9. The van der Waals surface area contributed by atoms with Crippen molar-refractivity contribution in [2.24, 2.45) is 11.3 Å². The number of carboxylic acid groups (broad SMARTS) is 1. The highest BCUT2D eigenvalue weighted by Gasteiger charge is 2.53. The van der Waals surface area contributed by atoms with Crippen LogP contribution in [0.1, 0.15) is 62.5 Å². The van der Waals surface area contributed by atoms with E-state index in [1.165, 1.54) is 42.4 Å². The van der Waals surface area contributed by atoms with Crippen molar-refractivity contribution in [2.45, 2.75) is 51.4 Å². The van der Waals surface area contributed by atoms with E-state index in [1.807, 2.05) is 0 Å². The molecule has 2 saturated carbocycles. The Morgan fingerprint density at radius 1 is 0.963 bits per heavy atom. The summed E-state index contributed by atoms with van der Waals surface area (Å²) in [5.74, 6) is 0.143. The molecule has 2 aromatic rings. The van der Waals surface area contributed by atoms with Gasteiger partial charge in [-0.15, -0.1) is 0 Å². The fourth-order valence-electron chi connectivity index (χ4n) is 5.08. The fraction of sp³-hybridized carbons (Fsp3) is 0.400. The molecule has 2 nitrogen and oxygen atoms in total. The molecule has 0 heterocycles. The van der Waals surface area contributed by atoms with Gasteiger partial charge in [0.05, 0.1) is 0 Å². The molecule has 140 valence electrons. The summed E-state index contributed by atoms with van der Waals surface area (Å²) in [6.45, 7) is 0. The van der Waals surface area contributed by atoms with Crippen LogP contribution in [0.15, 0.2) is 66.2 Å². The number of benzene rings is 2. The molecule has 0 bridgehead atoms. The zero-order chi connectivity index (χ0) is 18.7. The molecule has 2 aromatic carbocycles. The third-order valence-corrected chi connectivity index (χ3v) is 6.62. The second kappa shape index (κ2) is 7.72. The van der Waals surface area contributed by atoms with Gasteiger partial charge in [0.1, 0.15) is 0 Å². The molecule has 0 amide bonds. The van der Waals surface area contributed by atoms with E-state index in [1.54, 1.807) is 5.57 Å². The van der Waals surface area contributed by atoms with Crippen molar-refractivity contribution in [2.75, 3.05) is 0 Å². The number of fused-ring (bicyclic) bond motifs is 1. The fourth-order valence-corrected chi connectivity index (χ4v) is 5.08. The van der Waals surface area contributed by atoms with Crippen LogP contribution in [0.4, 0.5) is 0 Å². The molecule has 0 radical (unpaired) electrons. The topological polar surface area (TPSA) is 37.3 Å². The predicted octanol–water partition coefficient (Wildman–Crippen LogP) is 6.32. The molecule has 2 aliphatic rings. The minimum absolute atomic E-state index is 0.316. The first-order valence-corrected chi connectivity index (χ1v) is 10.2. The van der Waals surface area contributed by atoms with E-state index in [2.05, 4.69) is 60.7 Å². The molecule has 2 atom stereocenters. The molecule has 0 saturated heterocycles. The molecule has 2 unspecified atom stereocenters. The van der Waals surface area contributed by atoms with Gasteiger partial charge in [-0.25, -0.2) is 0 Å². The van der Waals surface area contributed by atoms with E-state index in [0.717, 1.165) is 25.2 Å². The molecule has 2 heteroatoms. The predicted molar refractivity (Wildman–Crippen MR) is 109 cm³/mol. The minimum Gasteiger partial charge on any atom is -0.481 e. The average molecular weight is 360 g/mol. The summed E-state index contributed by atoms with van der Waals surface area (Å²) in [6, 6.07) is 21.6. The van der Waals surface area contributed by atoms with Crippen LogP contribution in [0.3, 0.4) is 0 Å². The normalized spacial score (nSPS) is 24.0. The maximum Gasteiger partial charge on any atom is 0.303 e. The van der Waals surface area contributed by atoms with Gasteiger partial charge in [0.15, 0.2) is 0 Å². The van der Waals surface area contributed by atoms with Crippen LogP contribution in [-0.4, -0.2) is 11.1 Å². The number of rotatable bonds is 6. The van der Waals surface area contributed by atoms with Crippen molar-refractivity contribution in [1.82, 2.24) is 0 Å². The Morgan fingerprint density at radius 3 is 2.19 bits per heavy atom. The van der Waals surface area contributed by atoms with Gasteiger partial charge in [0, 0.05) is 6.42 Å². The van der Waals surface area contributed by atoms with Gasteiger partial charge in [-0.2, -0.15) is 0 Å². The molecule has 27 heavy (non-hydrogen) atoms. The number of hydrogen-bond acceptors (Lipinski definition) is 1. The van der Waals surface area contributed by atoms with E-state index < -0.39 is 5.97 Å². The van der Waals surface area contributed by atoms with Crippen molar-refractivity contribution in [1.29, 1.82) is 0 Å². The Morgan fingerprint density at radius 2 is 1.59 bits per heavy atom. The van der Waals surface area contributed by atoms with Gasteiger partial charge >= 0.3 is 5.97 Å². The van der Waals surface area contributed by atoms with Crippen molar-refractivity contribution in [3.63, 3.8) is 0 Å². The summed E-state index contributed by atoms with van der Waals surface area (Å²) in [5.41, 5.74) is 6.05. The molecule has 2 fully saturated rings. The lowest BCUT2D eigenvalue weighted by atomic mass is 9.87. The quantitative estimate of drug-likeness (QED) is 0.654. The Labute approximate surface area is 161 Å². The summed E-state index contributed by atoms with van der Waals surface area (Å²) in [6.07, 6.45) is 8.33. The van der Waals surface area contributed by atoms with Crippen LogP contribution in [0, 0.1) is 11.3 Å². The Balaban J connectivity index is 1.59. The number of allylic oxidation sites excluding steroid dienone is 1. The molecular formula is C25H28O2. The van der Waals surface area contributed by atoms with Gasteiger partial charge in [-0.05, 0) is 73.0 Å². The van der Waals surface area contributed by atoms with E-state index in [0.29, 0.717) is 11.8 Å². The summed E-state index contributed by atoms with van der Waals surface area (Å²) < 4.78 is 0. The molecular weight excluding hydrogens is 332 g/mol. The molecule has 0 aromatic heterocycles. The van der Waals surface area contributed by atoms with E-state index >= 15 is 0 Å². The van der Waals surface area contributed by atoms with Gasteiger partial charge < -0.3 is 5.11 Å². The lowest BCUT2D eigenvalue weighted by Crippen LogP contribution is -2.05. The van der Waals surface area contributed by atoms with Gasteiger partial charge in [0.25, 0.3) is 0 Å². The third kappa shape index (κ3) is 4.00. The molecule has 1 N–H and O–H groups in total. The first-order valence-electron chi connectivity index (χ1n) is 10.2. The third-order valence-electron chi connectivity index (χ3n) is 6.62. The maximum atomic E-state index is 10.9. The SMILES string of the molecule is O=C(O)CCCC12CCC(=C(c3ccccc3)c3ccccc3)CCC1C2. The second-order valence-electron chi connectivity index (χ2n) is 8.26. The summed E-state index contributed by atoms with van der Waals surface area (Å²) in [7, 11) is 0. The van der Waals surface area contributed by atoms with Crippen LogP contribution in [-0.2, 0) is 4.79 Å². The van der Waals surface area contributed by atoms with Gasteiger partial charge in [-0.3, -0.25) is 4.79 Å². The van der Waals surface area contributed by atoms with Crippen LogP contribution in [0.2, 0.25) is 0 Å². The van der Waals surface area contributed by atoms with Gasteiger partial charge in [0.2, 0.25) is 0 Å². The molecule has 2 aliphatic carbocycles. The maximum absolute atomic E-state index is 10.9. The van der Waals surface area contributed by atoms with Crippen LogP contribution in [0.5, 0.6) is 0 Å². The van der Waals surface area contributed by atoms with E-state index in [4.69, 9.17) is 5.11 Å². The van der Waals surface area contributed by atoms with Crippen LogP contribution in [0.25, 0.3) is 5.57 Å². The number of hydrogen-bond donors (Lipinski definition) is 1. The monoisotopic (exact) mass is 360 g/mol. The van der Waals surface area contributed by atoms with Crippen LogP contribution < -0.4 is 0 Å². The number of aliphatic carboxylic acids is 1. The smallest absolute Gasteiger partial charge is 0.303 e. The van der Waals surface area contributed by atoms with Crippen molar-refractivity contribution < 1.29 is 9.90 Å². The largest absolute Gasteiger partial charge is 0.481 e. The standard InChI is InChI=1S/C25H28O2/c26-23(27)12-7-16-25-17-15-21(13-14-22(25)18-25)24(19-8-3-1-4-9-19)20-10-5-2-6-11-20/h1-6,8-11,22H,7,12-18H2,(H,26,27). The van der Waals surface area contributed by atoms with Gasteiger partial charge in [-0.1, -0.05) is 66.2 Å². The minimum atomic E-state index is -0.659. The van der Waals surface area contributed by atoms with Crippen molar-refractivity contribution >= 4 is 11.5 Å². The second-order valence-corrected chi connectivity index (χ2v) is 8.26. The summed E-state index contributed by atoms with van der Waals surface area (Å²) in [5, 5.41) is 8.96. The molecule has 0 spiro atoms. The first kappa shape index (κ1) is 18.0. The summed E-state index contributed by atoms with van der Waals surface area (Å²) in [4.78, 5) is 10.9. The Kier molecular flexibility index (Phi) is 5.15. The highest BCUT2D eigenvalue weighted by Crippen LogP contribution is 2.63. The molecule has 4 rings (SSSR count). The Hall–Kier alpha value is -2.35. The van der Waals surface area contributed by atoms with Crippen LogP contribution >= 0.6 is 0 Å². The highest BCUT2D eigenvalue weighted by molar-refractivity contribution is 5.82.